The molecule has 0 aromatic carbocycles. The number of halogens is 1. The van der Waals surface area contributed by atoms with Crippen LogP contribution in [0.2, 0.25) is 0 Å². The third-order valence-corrected chi connectivity index (χ3v) is 3.70. The Labute approximate surface area is 88.6 Å². The lowest BCUT2D eigenvalue weighted by molar-refractivity contribution is -0.114. The number of aromatic nitrogens is 1. The maximum absolute atomic E-state index is 11.5. The number of hydrogen-bond donors (Lipinski definition) is 1. The van der Waals surface area contributed by atoms with Crippen molar-refractivity contribution in [1.29, 1.82) is 0 Å². The molecule has 0 saturated carbocycles. The summed E-state index contributed by atoms with van der Waals surface area (Å²) in [6.45, 7) is 0. The number of fused-ring (bicyclic) bond motifs is 1. The molecule has 2 rings (SSSR count). The van der Waals surface area contributed by atoms with Gasteiger partial charge in [-0.25, -0.2) is 13.4 Å². The fourth-order valence-electron chi connectivity index (χ4n) is 1.19. The molecule has 0 saturated heterocycles. The first kappa shape index (κ1) is 9.60. The van der Waals surface area contributed by atoms with Crippen molar-refractivity contribution >= 4 is 37.4 Å². The lowest BCUT2D eigenvalue weighted by Gasteiger charge is -2.15. The van der Waals surface area contributed by atoms with Gasteiger partial charge in [-0.3, -0.25) is 4.79 Å². The van der Waals surface area contributed by atoms with Gasteiger partial charge in [0.25, 0.3) is 0 Å². The molecule has 1 aliphatic heterocycles. The highest BCUT2D eigenvalue weighted by Crippen LogP contribution is 2.26. The van der Waals surface area contributed by atoms with Crippen molar-refractivity contribution in [3.63, 3.8) is 0 Å². The molecule has 14 heavy (non-hydrogen) atoms. The number of carbonyl (C=O) groups is 1. The van der Waals surface area contributed by atoms with E-state index in [2.05, 4.69) is 26.2 Å². The molecule has 0 aliphatic carbocycles. The molecule has 1 N–H and O–H groups in total. The van der Waals surface area contributed by atoms with Crippen LogP contribution in [-0.2, 0) is 14.6 Å². The Morgan fingerprint density at radius 2 is 2.21 bits per heavy atom. The van der Waals surface area contributed by atoms with Gasteiger partial charge in [0.05, 0.1) is 5.69 Å². The summed E-state index contributed by atoms with van der Waals surface area (Å²) in [5, 5.41) is 2.38. The van der Waals surface area contributed by atoms with Crippen LogP contribution in [0.5, 0.6) is 0 Å². The van der Waals surface area contributed by atoms with Gasteiger partial charge in [-0.2, -0.15) is 0 Å². The first-order valence-corrected chi connectivity index (χ1v) is 6.12. The SMILES string of the molecule is O=C1CS(=O)(=O)c2ncc(Br)cc2N1. The number of amides is 1. The highest BCUT2D eigenvalue weighted by atomic mass is 79.9. The van der Waals surface area contributed by atoms with E-state index in [-0.39, 0.29) is 10.7 Å². The Morgan fingerprint density at radius 1 is 1.50 bits per heavy atom. The van der Waals surface area contributed by atoms with E-state index in [0.29, 0.717) is 4.47 Å². The number of sulfone groups is 1. The van der Waals surface area contributed by atoms with E-state index in [1.807, 2.05) is 0 Å². The number of nitrogens with zero attached hydrogens (tertiary/aromatic N) is 1. The summed E-state index contributed by atoms with van der Waals surface area (Å²) in [6, 6.07) is 1.51. The summed E-state index contributed by atoms with van der Waals surface area (Å²) in [5.74, 6) is -1.06. The molecule has 0 spiro atoms. The van der Waals surface area contributed by atoms with Crippen molar-refractivity contribution in [2.75, 3.05) is 11.1 Å². The Morgan fingerprint density at radius 3 is 2.93 bits per heavy atom. The average Bonchev–Trinajstić information content (AvgIpc) is 2.00. The van der Waals surface area contributed by atoms with Gasteiger partial charge in [-0.1, -0.05) is 0 Å². The minimum Gasteiger partial charge on any atom is -0.323 e. The molecule has 5 nitrogen and oxygen atoms in total. The Bertz CT molecular complexity index is 512. The van der Waals surface area contributed by atoms with Gasteiger partial charge >= 0.3 is 0 Å². The van der Waals surface area contributed by atoms with E-state index in [4.69, 9.17) is 0 Å². The largest absolute Gasteiger partial charge is 0.323 e. The van der Waals surface area contributed by atoms with E-state index >= 15 is 0 Å². The highest BCUT2D eigenvalue weighted by Gasteiger charge is 2.30. The standard InChI is InChI=1S/C7H5BrN2O3S/c8-4-1-5-7(9-2-4)14(12,13)3-6(11)10-5/h1-2H,3H2,(H,10,11). The van der Waals surface area contributed by atoms with E-state index in [1.165, 1.54) is 12.3 Å². The van der Waals surface area contributed by atoms with Gasteiger partial charge in [0.2, 0.25) is 15.7 Å². The monoisotopic (exact) mass is 276 g/mol. The second kappa shape index (κ2) is 3.03. The molecule has 0 bridgehead atoms. The molecule has 1 aromatic rings. The van der Waals surface area contributed by atoms with Crippen molar-refractivity contribution in [2.24, 2.45) is 0 Å². The van der Waals surface area contributed by atoms with Crippen LogP contribution < -0.4 is 5.32 Å². The van der Waals surface area contributed by atoms with Gasteiger partial charge in [0.1, 0.15) is 5.75 Å². The fourth-order valence-corrected chi connectivity index (χ4v) is 2.74. The zero-order chi connectivity index (χ0) is 10.3. The third-order valence-electron chi connectivity index (χ3n) is 1.71. The van der Waals surface area contributed by atoms with Crippen LogP contribution in [-0.4, -0.2) is 25.1 Å². The minimum absolute atomic E-state index is 0.0692. The number of carbonyl (C=O) groups excluding carboxylic acids is 1. The molecule has 0 fully saturated rings. The maximum Gasteiger partial charge on any atom is 0.240 e. The van der Waals surface area contributed by atoms with E-state index in [9.17, 15) is 13.2 Å². The quantitative estimate of drug-likeness (QED) is 0.752. The lowest BCUT2D eigenvalue weighted by atomic mass is 10.4. The van der Waals surface area contributed by atoms with Crippen LogP contribution in [0.3, 0.4) is 0 Å². The van der Waals surface area contributed by atoms with Gasteiger partial charge in [0.15, 0.2) is 5.03 Å². The normalized spacial score (nSPS) is 18.5. The minimum atomic E-state index is -3.55. The van der Waals surface area contributed by atoms with Gasteiger partial charge in [0, 0.05) is 10.7 Å². The second-order valence-electron chi connectivity index (χ2n) is 2.81. The van der Waals surface area contributed by atoms with Crippen molar-refractivity contribution in [1.82, 2.24) is 4.98 Å². The van der Waals surface area contributed by atoms with E-state index < -0.39 is 21.5 Å². The van der Waals surface area contributed by atoms with Crippen LogP contribution in [0.15, 0.2) is 21.8 Å². The number of hydrogen-bond acceptors (Lipinski definition) is 4. The fraction of sp³-hybridized carbons (Fsp3) is 0.143. The Kier molecular flexibility index (Phi) is 2.07. The second-order valence-corrected chi connectivity index (χ2v) is 5.63. The average molecular weight is 277 g/mol. The predicted molar refractivity (Wildman–Crippen MR) is 52.6 cm³/mol. The van der Waals surface area contributed by atoms with E-state index in [0.717, 1.165) is 0 Å². The van der Waals surface area contributed by atoms with Crippen molar-refractivity contribution in [3.8, 4) is 0 Å². The summed E-state index contributed by atoms with van der Waals surface area (Å²) in [4.78, 5) is 14.8. The zero-order valence-electron chi connectivity index (χ0n) is 6.82. The molecule has 0 radical (unpaired) electrons. The molecule has 0 atom stereocenters. The summed E-state index contributed by atoms with van der Waals surface area (Å²) >= 11 is 3.14. The summed E-state index contributed by atoms with van der Waals surface area (Å²) < 4.78 is 23.5. The Balaban J connectivity index is 2.69. The maximum atomic E-state index is 11.5. The van der Waals surface area contributed by atoms with Crippen LogP contribution in [0, 0.1) is 0 Å². The molecule has 74 valence electrons. The van der Waals surface area contributed by atoms with Gasteiger partial charge in [-0.05, 0) is 22.0 Å². The Hall–Kier alpha value is -0.950. The van der Waals surface area contributed by atoms with E-state index in [1.54, 1.807) is 0 Å². The number of rotatable bonds is 0. The van der Waals surface area contributed by atoms with Crippen LogP contribution in [0.25, 0.3) is 0 Å². The van der Waals surface area contributed by atoms with Crippen LogP contribution in [0.1, 0.15) is 0 Å². The number of nitrogens with one attached hydrogen (secondary N) is 1. The zero-order valence-corrected chi connectivity index (χ0v) is 9.22. The molecule has 0 unspecified atom stereocenters. The molecule has 2 heterocycles. The predicted octanol–water partition coefficient (Wildman–Crippen LogP) is 0.570. The number of pyridine rings is 1. The van der Waals surface area contributed by atoms with Gasteiger partial charge < -0.3 is 5.32 Å². The molecule has 1 aromatic heterocycles. The molecule has 1 aliphatic rings. The summed E-state index contributed by atoms with van der Waals surface area (Å²) in [7, 11) is -3.55. The molecule has 1 amide bonds. The smallest absolute Gasteiger partial charge is 0.240 e. The first-order valence-electron chi connectivity index (χ1n) is 3.67. The lowest BCUT2D eigenvalue weighted by Crippen LogP contribution is -2.30. The van der Waals surface area contributed by atoms with Gasteiger partial charge in [-0.15, -0.1) is 0 Å². The topological polar surface area (TPSA) is 76.1 Å². The van der Waals surface area contributed by atoms with Crippen molar-refractivity contribution in [2.45, 2.75) is 5.03 Å². The van der Waals surface area contributed by atoms with Crippen molar-refractivity contribution < 1.29 is 13.2 Å². The first-order chi connectivity index (χ1) is 6.49. The summed E-state index contributed by atoms with van der Waals surface area (Å²) in [6.07, 6.45) is 1.38. The third kappa shape index (κ3) is 1.53. The highest BCUT2D eigenvalue weighted by molar-refractivity contribution is 9.10. The molecular formula is C7H5BrN2O3S. The molecule has 7 heteroatoms. The summed E-state index contributed by atoms with van der Waals surface area (Å²) in [5.41, 5.74) is 0.232. The van der Waals surface area contributed by atoms with Crippen LogP contribution in [0.4, 0.5) is 5.69 Å². The van der Waals surface area contributed by atoms with Crippen LogP contribution >= 0.6 is 15.9 Å². The number of anilines is 1. The van der Waals surface area contributed by atoms with Crippen molar-refractivity contribution in [3.05, 3.63) is 16.7 Å². The molecular weight excluding hydrogens is 272 g/mol.